The Morgan fingerprint density at radius 1 is 0.727 bits per heavy atom. The Kier molecular flexibility index (Phi) is 4.44. The number of hydrogen-bond donors (Lipinski definition) is 4. The van der Waals surface area contributed by atoms with E-state index in [0.29, 0.717) is 0 Å². The zero-order valence-corrected chi connectivity index (χ0v) is 12.8. The van der Waals surface area contributed by atoms with Gasteiger partial charge in [0.05, 0.1) is 0 Å². The van der Waals surface area contributed by atoms with Crippen molar-refractivity contribution in [3.8, 4) is 0 Å². The molecular formula is C14H26N8. The van der Waals surface area contributed by atoms with Gasteiger partial charge in [-0.05, 0) is 12.8 Å². The lowest BCUT2D eigenvalue weighted by Gasteiger charge is -2.37. The molecule has 0 aromatic carbocycles. The van der Waals surface area contributed by atoms with E-state index in [1.165, 1.54) is 0 Å². The minimum Gasteiger partial charge on any atom is -0.353 e. The van der Waals surface area contributed by atoms with E-state index in [1.54, 1.807) is 6.33 Å². The standard InChI is InChI=1S/C14H26N8/c15-9-1-10(16)5-21(4-9)13-3-14(20-8-19-13)22-6-11(17)2-12(18)7-22/h3,8-12H,1-2,4-7,15-18H2. The fourth-order valence-electron chi connectivity index (χ4n) is 3.41. The van der Waals surface area contributed by atoms with Crippen molar-refractivity contribution in [2.45, 2.75) is 37.0 Å². The summed E-state index contributed by atoms with van der Waals surface area (Å²) in [4.78, 5) is 13.0. The maximum absolute atomic E-state index is 6.06. The summed E-state index contributed by atoms with van der Waals surface area (Å²) < 4.78 is 0. The molecule has 8 nitrogen and oxygen atoms in total. The number of hydrogen-bond acceptors (Lipinski definition) is 8. The summed E-state index contributed by atoms with van der Waals surface area (Å²) in [5.74, 6) is 1.73. The van der Waals surface area contributed by atoms with Crippen molar-refractivity contribution in [1.82, 2.24) is 9.97 Å². The van der Waals surface area contributed by atoms with E-state index in [9.17, 15) is 0 Å². The summed E-state index contributed by atoms with van der Waals surface area (Å²) in [5, 5.41) is 0. The number of rotatable bonds is 2. The molecule has 1 aromatic rings. The molecule has 3 rings (SSSR count). The van der Waals surface area contributed by atoms with E-state index in [1.807, 2.05) is 6.07 Å². The van der Waals surface area contributed by atoms with Crippen LogP contribution in [0.15, 0.2) is 12.4 Å². The Balaban J connectivity index is 1.77. The molecule has 0 radical (unpaired) electrons. The van der Waals surface area contributed by atoms with Gasteiger partial charge in [0.25, 0.3) is 0 Å². The summed E-state index contributed by atoms with van der Waals surface area (Å²) in [6.45, 7) is 3.07. The van der Waals surface area contributed by atoms with E-state index < -0.39 is 0 Å². The second kappa shape index (κ2) is 6.33. The molecule has 8 heteroatoms. The van der Waals surface area contributed by atoms with Gasteiger partial charge in [-0.3, -0.25) is 0 Å². The maximum Gasteiger partial charge on any atom is 0.134 e. The molecule has 0 amide bonds. The molecule has 4 atom stereocenters. The minimum absolute atomic E-state index is 0.0824. The summed E-state index contributed by atoms with van der Waals surface area (Å²) in [6.07, 6.45) is 3.29. The average Bonchev–Trinajstić information content (AvgIpc) is 2.45. The predicted octanol–water partition coefficient (Wildman–Crippen LogP) is -1.79. The van der Waals surface area contributed by atoms with Crippen LogP contribution in [0.4, 0.5) is 11.6 Å². The number of aromatic nitrogens is 2. The normalized spacial score (nSPS) is 33.1. The fraction of sp³-hybridized carbons (Fsp3) is 0.714. The molecule has 0 spiro atoms. The first-order chi connectivity index (χ1) is 10.5. The molecule has 0 aliphatic carbocycles. The molecule has 122 valence electrons. The molecule has 2 aliphatic rings. The summed E-state index contributed by atoms with van der Waals surface area (Å²) in [7, 11) is 0. The van der Waals surface area contributed by atoms with Crippen LogP contribution >= 0.6 is 0 Å². The zero-order valence-electron chi connectivity index (χ0n) is 12.8. The third-order valence-corrected chi connectivity index (χ3v) is 4.32. The first-order valence-corrected chi connectivity index (χ1v) is 7.85. The fourth-order valence-corrected chi connectivity index (χ4v) is 3.41. The number of anilines is 2. The van der Waals surface area contributed by atoms with Crippen molar-refractivity contribution >= 4 is 11.6 Å². The smallest absolute Gasteiger partial charge is 0.134 e. The largest absolute Gasteiger partial charge is 0.353 e. The molecule has 0 bridgehead atoms. The van der Waals surface area contributed by atoms with Gasteiger partial charge in [0.15, 0.2) is 0 Å². The lowest BCUT2D eigenvalue weighted by molar-refractivity contribution is 0.446. The van der Waals surface area contributed by atoms with Crippen LogP contribution in [0.5, 0.6) is 0 Å². The van der Waals surface area contributed by atoms with Crippen molar-refractivity contribution in [3.05, 3.63) is 12.4 Å². The van der Waals surface area contributed by atoms with Crippen LogP contribution in [-0.2, 0) is 0 Å². The van der Waals surface area contributed by atoms with Crippen molar-refractivity contribution in [2.75, 3.05) is 36.0 Å². The number of nitrogens with two attached hydrogens (primary N) is 4. The molecule has 2 aliphatic heterocycles. The average molecular weight is 306 g/mol. The van der Waals surface area contributed by atoms with Gasteiger partial charge in [-0.15, -0.1) is 0 Å². The third-order valence-electron chi connectivity index (χ3n) is 4.32. The molecule has 1 aromatic heterocycles. The van der Waals surface area contributed by atoms with Crippen LogP contribution in [0.2, 0.25) is 0 Å². The molecule has 2 fully saturated rings. The summed E-state index contributed by atoms with van der Waals surface area (Å²) in [5.41, 5.74) is 24.2. The lowest BCUT2D eigenvalue weighted by atomic mass is 10.0. The lowest BCUT2D eigenvalue weighted by Crippen LogP contribution is -2.53. The van der Waals surface area contributed by atoms with E-state index in [0.717, 1.165) is 50.7 Å². The highest BCUT2D eigenvalue weighted by Gasteiger charge is 2.26. The molecule has 4 unspecified atom stereocenters. The van der Waals surface area contributed by atoms with Crippen LogP contribution in [0.25, 0.3) is 0 Å². The molecule has 8 N–H and O–H groups in total. The Labute approximate surface area is 130 Å². The Morgan fingerprint density at radius 3 is 1.45 bits per heavy atom. The van der Waals surface area contributed by atoms with Crippen LogP contribution < -0.4 is 32.7 Å². The quantitative estimate of drug-likeness (QED) is 0.503. The van der Waals surface area contributed by atoms with Gasteiger partial charge in [-0.2, -0.15) is 0 Å². The van der Waals surface area contributed by atoms with Gasteiger partial charge in [0.1, 0.15) is 18.0 Å². The maximum atomic E-state index is 6.06. The van der Waals surface area contributed by atoms with Crippen LogP contribution in [0, 0.1) is 0 Å². The number of nitrogens with zero attached hydrogens (tertiary/aromatic N) is 4. The van der Waals surface area contributed by atoms with Crippen molar-refractivity contribution in [1.29, 1.82) is 0 Å². The van der Waals surface area contributed by atoms with E-state index >= 15 is 0 Å². The molecular weight excluding hydrogens is 280 g/mol. The topological polar surface area (TPSA) is 136 Å². The van der Waals surface area contributed by atoms with Gasteiger partial charge in [-0.1, -0.05) is 0 Å². The summed E-state index contributed by atoms with van der Waals surface area (Å²) in [6, 6.07) is 2.31. The third kappa shape index (κ3) is 3.46. The van der Waals surface area contributed by atoms with Gasteiger partial charge >= 0.3 is 0 Å². The predicted molar refractivity (Wildman–Crippen MR) is 87.6 cm³/mol. The van der Waals surface area contributed by atoms with Crippen molar-refractivity contribution in [3.63, 3.8) is 0 Å². The molecule has 3 heterocycles. The highest BCUT2D eigenvalue weighted by Crippen LogP contribution is 2.22. The minimum atomic E-state index is 0.0824. The van der Waals surface area contributed by atoms with Crippen molar-refractivity contribution < 1.29 is 0 Å². The first-order valence-electron chi connectivity index (χ1n) is 7.85. The zero-order chi connectivity index (χ0) is 15.7. The number of piperidine rings is 2. The van der Waals surface area contributed by atoms with Crippen LogP contribution in [0.3, 0.4) is 0 Å². The highest BCUT2D eigenvalue weighted by molar-refractivity contribution is 5.51. The SMILES string of the molecule is NC1CC(N)CN(c2cc(N3CC(N)CC(N)C3)ncn2)C1. The van der Waals surface area contributed by atoms with Gasteiger partial charge in [0.2, 0.25) is 0 Å². The van der Waals surface area contributed by atoms with Gasteiger partial charge in [0, 0.05) is 56.4 Å². The highest BCUT2D eigenvalue weighted by atomic mass is 15.3. The van der Waals surface area contributed by atoms with Crippen LogP contribution in [0.1, 0.15) is 12.8 Å². The molecule has 0 saturated carbocycles. The van der Waals surface area contributed by atoms with E-state index in [-0.39, 0.29) is 24.2 Å². The van der Waals surface area contributed by atoms with Gasteiger partial charge in [-0.25, -0.2) is 9.97 Å². The Hall–Kier alpha value is -1.48. The van der Waals surface area contributed by atoms with Gasteiger partial charge < -0.3 is 32.7 Å². The van der Waals surface area contributed by atoms with Crippen LogP contribution in [-0.4, -0.2) is 60.3 Å². The first kappa shape index (κ1) is 15.4. The molecule has 22 heavy (non-hydrogen) atoms. The van der Waals surface area contributed by atoms with E-state index in [4.69, 9.17) is 22.9 Å². The summed E-state index contributed by atoms with van der Waals surface area (Å²) >= 11 is 0. The van der Waals surface area contributed by atoms with Crippen molar-refractivity contribution in [2.24, 2.45) is 22.9 Å². The molecule has 2 saturated heterocycles. The second-order valence-corrected chi connectivity index (χ2v) is 6.56. The Morgan fingerprint density at radius 2 is 1.09 bits per heavy atom. The Bertz CT molecular complexity index is 448. The van der Waals surface area contributed by atoms with E-state index in [2.05, 4.69) is 19.8 Å². The second-order valence-electron chi connectivity index (χ2n) is 6.56. The monoisotopic (exact) mass is 306 g/mol.